The van der Waals surface area contributed by atoms with Gasteiger partial charge in [-0.25, -0.2) is 4.79 Å². The smallest absolute Gasteiger partial charge is 0.318 e. The first-order chi connectivity index (χ1) is 12.3. The van der Waals surface area contributed by atoms with Gasteiger partial charge >= 0.3 is 6.03 Å². The highest BCUT2D eigenvalue weighted by molar-refractivity contribution is 5.76. The zero-order valence-corrected chi connectivity index (χ0v) is 14.5. The van der Waals surface area contributed by atoms with E-state index in [1.807, 2.05) is 23.1 Å². The van der Waals surface area contributed by atoms with Crippen molar-refractivity contribution in [3.05, 3.63) is 65.7 Å². The Hall–Kier alpha value is -2.49. The molecule has 0 bridgehead atoms. The zero-order valence-electron chi connectivity index (χ0n) is 14.5. The number of hydrogen-bond acceptors (Lipinski definition) is 2. The monoisotopic (exact) mass is 336 g/mol. The van der Waals surface area contributed by atoms with Gasteiger partial charge in [0.15, 0.2) is 0 Å². The minimum absolute atomic E-state index is 0.0711. The first kappa shape index (κ1) is 16.0. The molecule has 2 aromatic carbocycles. The van der Waals surface area contributed by atoms with Crippen molar-refractivity contribution in [1.29, 1.82) is 0 Å². The van der Waals surface area contributed by atoms with E-state index in [1.165, 1.54) is 11.1 Å². The van der Waals surface area contributed by atoms with Crippen molar-refractivity contribution in [2.75, 3.05) is 13.7 Å². The molecule has 3 atom stereocenters. The molecule has 130 valence electrons. The molecule has 1 saturated carbocycles. The Morgan fingerprint density at radius 2 is 1.84 bits per heavy atom. The summed E-state index contributed by atoms with van der Waals surface area (Å²) in [6, 6.07) is 19.0. The third-order valence-electron chi connectivity index (χ3n) is 5.34. The van der Waals surface area contributed by atoms with Crippen molar-refractivity contribution in [2.45, 2.75) is 37.3 Å². The largest absolute Gasteiger partial charge is 0.497 e. The number of hydrogen-bond donors (Lipinski definition) is 1. The third kappa shape index (κ3) is 3.34. The molecule has 1 saturated heterocycles. The van der Waals surface area contributed by atoms with Gasteiger partial charge in [-0.2, -0.15) is 0 Å². The Balaban J connectivity index is 1.39. The molecule has 0 aromatic heterocycles. The second-order valence-corrected chi connectivity index (χ2v) is 6.93. The van der Waals surface area contributed by atoms with Crippen molar-refractivity contribution < 1.29 is 9.53 Å². The van der Waals surface area contributed by atoms with Gasteiger partial charge in [0.05, 0.1) is 13.2 Å². The van der Waals surface area contributed by atoms with E-state index in [1.54, 1.807) is 7.11 Å². The molecule has 1 heterocycles. The number of benzene rings is 2. The maximum atomic E-state index is 12.8. The van der Waals surface area contributed by atoms with Crippen molar-refractivity contribution in [3.8, 4) is 5.75 Å². The fourth-order valence-electron chi connectivity index (χ4n) is 3.85. The molecule has 1 N–H and O–H groups in total. The number of rotatable bonds is 4. The van der Waals surface area contributed by atoms with Crippen LogP contribution in [-0.4, -0.2) is 30.6 Å². The first-order valence-corrected chi connectivity index (χ1v) is 9.02. The molecule has 1 aliphatic carbocycles. The molecule has 0 unspecified atom stereocenters. The van der Waals surface area contributed by atoms with E-state index in [9.17, 15) is 4.79 Å². The number of carbonyl (C=O) groups is 1. The summed E-state index contributed by atoms with van der Waals surface area (Å²) in [4.78, 5) is 14.8. The molecule has 25 heavy (non-hydrogen) atoms. The number of nitrogens with zero attached hydrogens (tertiary/aromatic N) is 1. The Bertz CT molecular complexity index is 729. The van der Waals surface area contributed by atoms with Crippen LogP contribution in [0, 0.1) is 0 Å². The molecule has 2 aromatic rings. The lowest BCUT2D eigenvalue weighted by atomic mass is 10.0. The number of likely N-dealkylation sites (tertiary alicyclic amines) is 1. The summed E-state index contributed by atoms with van der Waals surface area (Å²) in [7, 11) is 1.67. The van der Waals surface area contributed by atoms with Crippen LogP contribution in [0.4, 0.5) is 4.79 Å². The van der Waals surface area contributed by atoms with Gasteiger partial charge in [-0.05, 0) is 42.5 Å². The molecule has 0 radical (unpaired) electrons. The quantitative estimate of drug-likeness (QED) is 0.913. The number of urea groups is 1. The van der Waals surface area contributed by atoms with Gasteiger partial charge in [-0.15, -0.1) is 0 Å². The highest BCUT2D eigenvalue weighted by Crippen LogP contribution is 2.41. The predicted octanol–water partition coefficient (Wildman–Crippen LogP) is 4.10. The van der Waals surface area contributed by atoms with E-state index in [0.29, 0.717) is 5.92 Å². The Morgan fingerprint density at radius 1 is 1.08 bits per heavy atom. The van der Waals surface area contributed by atoms with Crippen LogP contribution in [0.2, 0.25) is 0 Å². The highest BCUT2D eigenvalue weighted by atomic mass is 16.5. The highest BCUT2D eigenvalue weighted by Gasteiger charge is 2.41. The van der Waals surface area contributed by atoms with Crippen molar-refractivity contribution in [3.63, 3.8) is 0 Å². The Kier molecular flexibility index (Phi) is 4.35. The summed E-state index contributed by atoms with van der Waals surface area (Å²) in [5.74, 6) is 1.31. The summed E-state index contributed by atoms with van der Waals surface area (Å²) >= 11 is 0. The lowest BCUT2D eigenvalue weighted by Gasteiger charge is -2.25. The van der Waals surface area contributed by atoms with Crippen molar-refractivity contribution in [2.24, 2.45) is 0 Å². The van der Waals surface area contributed by atoms with Gasteiger partial charge in [0.2, 0.25) is 0 Å². The van der Waals surface area contributed by atoms with Crippen LogP contribution in [0.1, 0.15) is 42.3 Å². The van der Waals surface area contributed by atoms with Crippen LogP contribution in [0.25, 0.3) is 0 Å². The molecule has 2 aliphatic rings. The van der Waals surface area contributed by atoms with Gasteiger partial charge in [0.25, 0.3) is 0 Å². The lowest BCUT2D eigenvalue weighted by Crippen LogP contribution is -2.40. The van der Waals surface area contributed by atoms with E-state index in [2.05, 4.69) is 41.7 Å². The molecule has 4 nitrogen and oxygen atoms in total. The molecular weight excluding hydrogens is 312 g/mol. The maximum Gasteiger partial charge on any atom is 0.318 e. The Labute approximate surface area is 148 Å². The van der Waals surface area contributed by atoms with E-state index >= 15 is 0 Å². The molecule has 4 rings (SSSR count). The van der Waals surface area contributed by atoms with Gasteiger partial charge in [-0.1, -0.05) is 42.5 Å². The predicted molar refractivity (Wildman–Crippen MR) is 97.8 cm³/mol. The third-order valence-corrected chi connectivity index (χ3v) is 5.34. The maximum absolute atomic E-state index is 12.8. The lowest BCUT2D eigenvalue weighted by molar-refractivity contribution is 0.192. The SMILES string of the molecule is COc1ccc([C@@H]2CCCN2C(=O)N[C@H]2C[C@@H]2c2ccccc2)cc1. The Morgan fingerprint density at radius 3 is 2.56 bits per heavy atom. The number of ether oxygens (including phenoxy) is 1. The van der Waals surface area contributed by atoms with Gasteiger partial charge in [-0.3, -0.25) is 0 Å². The molecule has 1 aliphatic heterocycles. The zero-order chi connectivity index (χ0) is 17.2. The van der Waals surface area contributed by atoms with Gasteiger partial charge < -0.3 is 15.0 Å². The normalized spacial score (nSPS) is 24.8. The first-order valence-electron chi connectivity index (χ1n) is 9.02. The molecule has 0 spiro atoms. The molecule has 4 heteroatoms. The summed E-state index contributed by atoms with van der Waals surface area (Å²) in [5, 5.41) is 3.23. The minimum atomic E-state index is 0.0711. The van der Waals surface area contributed by atoms with Crippen LogP contribution in [0.5, 0.6) is 5.75 Å². The average Bonchev–Trinajstić information content (AvgIpc) is 3.25. The van der Waals surface area contributed by atoms with Crippen LogP contribution in [-0.2, 0) is 0 Å². The van der Waals surface area contributed by atoms with Crippen LogP contribution in [0.15, 0.2) is 54.6 Å². The van der Waals surface area contributed by atoms with Gasteiger partial charge in [0, 0.05) is 18.5 Å². The molecule has 2 amide bonds. The van der Waals surface area contributed by atoms with E-state index in [-0.39, 0.29) is 18.1 Å². The average molecular weight is 336 g/mol. The minimum Gasteiger partial charge on any atom is -0.497 e. The second kappa shape index (κ2) is 6.79. The summed E-state index contributed by atoms with van der Waals surface area (Å²) in [5.41, 5.74) is 2.50. The standard InChI is InChI=1S/C21H24N2O2/c1-25-17-11-9-16(10-12-17)20-8-5-13-23(20)21(24)22-19-14-18(19)15-6-3-2-4-7-15/h2-4,6-7,9-12,18-20H,5,8,13-14H2,1H3,(H,22,24)/t18-,19+,20+/m1/s1. The van der Waals surface area contributed by atoms with E-state index in [4.69, 9.17) is 4.74 Å². The summed E-state index contributed by atoms with van der Waals surface area (Å²) in [6.45, 7) is 0.825. The van der Waals surface area contributed by atoms with Gasteiger partial charge in [0.1, 0.15) is 5.75 Å². The van der Waals surface area contributed by atoms with Crippen molar-refractivity contribution in [1.82, 2.24) is 10.2 Å². The van der Waals surface area contributed by atoms with Crippen LogP contribution in [0.3, 0.4) is 0 Å². The summed E-state index contributed by atoms with van der Waals surface area (Å²) < 4.78 is 5.23. The molecular formula is C21H24N2O2. The van der Waals surface area contributed by atoms with Crippen LogP contribution >= 0.6 is 0 Å². The van der Waals surface area contributed by atoms with E-state index < -0.39 is 0 Å². The number of amides is 2. The van der Waals surface area contributed by atoms with Crippen molar-refractivity contribution >= 4 is 6.03 Å². The fraction of sp³-hybridized carbons (Fsp3) is 0.381. The number of nitrogens with one attached hydrogen (secondary N) is 1. The van der Waals surface area contributed by atoms with Crippen LogP contribution < -0.4 is 10.1 Å². The topological polar surface area (TPSA) is 41.6 Å². The van der Waals surface area contributed by atoms with E-state index in [0.717, 1.165) is 31.6 Å². The number of methoxy groups -OCH3 is 1. The fourth-order valence-corrected chi connectivity index (χ4v) is 3.85. The number of carbonyl (C=O) groups excluding carboxylic acids is 1. The summed E-state index contributed by atoms with van der Waals surface area (Å²) in [6.07, 6.45) is 3.11. The molecule has 2 fully saturated rings. The second-order valence-electron chi connectivity index (χ2n) is 6.93.